The molecule has 0 radical (unpaired) electrons. The smallest absolute Gasteiger partial charge is 0.407 e. The van der Waals surface area contributed by atoms with Crippen LogP contribution in [-0.2, 0) is 4.74 Å². The van der Waals surface area contributed by atoms with E-state index in [1.165, 1.54) is 28.3 Å². The van der Waals surface area contributed by atoms with Gasteiger partial charge in [-0.25, -0.2) is 14.2 Å². The van der Waals surface area contributed by atoms with Crippen LogP contribution in [0.5, 0.6) is 0 Å². The molecule has 3 aromatic rings. The minimum atomic E-state index is -0.487. The highest BCUT2D eigenvalue weighted by Gasteiger charge is 2.28. The number of aromatic nitrogens is 1. The van der Waals surface area contributed by atoms with Gasteiger partial charge in [-0.3, -0.25) is 0 Å². The van der Waals surface area contributed by atoms with Crippen LogP contribution in [0.1, 0.15) is 34.9 Å². The van der Waals surface area contributed by atoms with E-state index in [9.17, 15) is 9.18 Å². The number of ether oxygens (including phenoxy) is 1. The lowest BCUT2D eigenvalue weighted by Crippen LogP contribution is -2.26. The zero-order valence-electron chi connectivity index (χ0n) is 16.6. The van der Waals surface area contributed by atoms with Crippen molar-refractivity contribution < 1.29 is 13.9 Å². The first-order valence-electron chi connectivity index (χ1n) is 9.84. The van der Waals surface area contributed by atoms with Gasteiger partial charge in [-0.05, 0) is 47.2 Å². The summed E-state index contributed by atoms with van der Waals surface area (Å²) in [6, 6.07) is 19.3. The third-order valence-electron chi connectivity index (χ3n) is 5.06. The molecule has 1 aromatic heterocycles. The molecule has 0 spiro atoms. The minimum absolute atomic E-state index is 0.0262. The summed E-state index contributed by atoms with van der Waals surface area (Å²) in [4.78, 5) is 16.2. The minimum Gasteiger partial charge on any atom is -0.449 e. The fourth-order valence-electron chi connectivity index (χ4n) is 3.65. The Hall–Kier alpha value is -3.65. The molecule has 1 heterocycles. The molecule has 1 aliphatic rings. The number of benzene rings is 2. The van der Waals surface area contributed by atoms with Gasteiger partial charge in [-0.2, -0.15) is 0 Å². The van der Waals surface area contributed by atoms with E-state index >= 15 is 0 Å². The van der Waals surface area contributed by atoms with Crippen LogP contribution in [-0.4, -0.2) is 24.2 Å². The molecule has 150 valence electrons. The van der Waals surface area contributed by atoms with Crippen molar-refractivity contribution in [2.75, 3.05) is 13.2 Å². The molecule has 0 aliphatic heterocycles. The van der Waals surface area contributed by atoms with Gasteiger partial charge in [0.2, 0.25) is 0 Å². The topological polar surface area (TPSA) is 51.2 Å². The Morgan fingerprint density at radius 2 is 1.73 bits per heavy atom. The summed E-state index contributed by atoms with van der Waals surface area (Å²) in [5.74, 6) is 5.10. The summed E-state index contributed by atoms with van der Waals surface area (Å²) >= 11 is 0. The van der Waals surface area contributed by atoms with Crippen LogP contribution in [0.2, 0.25) is 0 Å². The summed E-state index contributed by atoms with van der Waals surface area (Å²) in [6.45, 7) is 2.37. The van der Waals surface area contributed by atoms with Crippen molar-refractivity contribution in [3.8, 4) is 23.0 Å². The normalized spacial score (nSPS) is 11.8. The number of pyridine rings is 1. The number of carbonyl (C=O) groups excluding carboxylic acids is 1. The fraction of sp³-hybridized carbons (Fsp3) is 0.200. The Bertz CT molecular complexity index is 1100. The maximum Gasteiger partial charge on any atom is 0.407 e. The second-order valence-electron chi connectivity index (χ2n) is 7.09. The van der Waals surface area contributed by atoms with Crippen molar-refractivity contribution in [2.24, 2.45) is 0 Å². The SMILES string of the molecule is Cc1ccc(F)c(C#CCCNC(=O)OCC2c3ccccc3-c3ccccc32)n1. The van der Waals surface area contributed by atoms with Gasteiger partial charge >= 0.3 is 6.09 Å². The molecule has 4 nitrogen and oxygen atoms in total. The second kappa shape index (κ2) is 8.79. The number of hydrogen-bond donors (Lipinski definition) is 1. The zero-order valence-corrected chi connectivity index (χ0v) is 16.6. The second-order valence-corrected chi connectivity index (χ2v) is 7.09. The fourth-order valence-corrected chi connectivity index (χ4v) is 3.65. The van der Waals surface area contributed by atoms with Gasteiger partial charge in [0.15, 0.2) is 5.82 Å². The number of aryl methyl sites for hydroxylation is 1. The molecular weight excluding hydrogens is 379 g/mol. The van der Waals surface area contributed by atoms with Gasteiger partial charge in [-0.15, -0.1) is 0 Å². The molecule has 5 heteroatoms. The highest BCUT2D eigenvalue weighted by atomic mass is 19.1. The van der Waals surface area contributed by atoms with Crippen LogP contribution in [0.15, 0.2) is 60.7 Å². The number of alkyl carbamates (subject to hydrolysis) is 1. The van der Waals surface area contributed by atoms with E-state index in [-0.39, 0.29) is 18.2 Å². The molecule has 0 saturated heterocycles. The molecule has 0 fully saturated rings. The lowest BCUT2D eigenvalue weighted by Gasteiger charge is -2.14. The van der Waals surface area contributed by atoms with E-state index in [0.29, 0.717) is 18.7 Å². The van der Waals surface area contributed by atoms with E-state index in [4.69, 9.17) is 4.74 Å². The summed E-state index contributed by atoms with van der Waals surface area (Å²) in [5, 5.41) is 2.69. The summed E-state index contributed by atoms with van der Waals surface area (Å²) in [5.41, 5.74) is 5.55. The van der Waals surface area contributed by atoms with E-state index in [1.54, 1.807) is 13.0 Å². The first-order valence-corrected chi connectivity index (χ1v) is 9.84. The van der Waals surface area contributed by atoms with E-state index < -0.39 is 11.9 Å². The first-order chi connectivity index (χ1) is 14.6. The number of nitrogens with one attached hydrogen (secondary N) is 1. The summed E-state index contributed by atoms with van der Waals surface area (Å²) < 4.78 is 19.1. The highest BCUT2D eigenvalue weighted by molar-refractivity contribution is 5.79. The van der Waals surface area contributed by atoms with Crippen molar-refractivity contribution in [3.63, 3.8) is 0 Å². The van der Waals surface area contributed by atoms with Crippen LogP contribution in [0, 0.1) is 24.6 Å². The number of rotatable bonds is 4. The number of nitrogens with zero attached hydrogens (tertiary/aromatic N) is 1. The average Bonchev–Trinajstić information content (AvgIpc) is 3.08. The Morgan fingerprint density at radius 3 is 2.43 bits per heavy atom. The van der Waals surface area contributed by atoms with Gasteiger partial charge < -0.3 is 10.1 Å². The zero-order chi connectivity index (χ0) is 20.9. The lowest BCUT2D eigenvalue weighted by atomic mass is 9.98. The maximum absolute atomic E-state index is 13.6. The molecule has 1 aliphatic carbocycles. The van der Waals surface area contributed by atoms with E-state index in [2.05, 4.69) is 46.4 Å². The van der Waals surface area contributed by atoms with Crippen molar-refractivity contribution in [1.82, 2.24) is 10.3 Å². The standard InChI is InChI=1S/C25H21FN2O2/c1-17-13-14-23(26)24(28-17)12-6-7-15-27-25(29)30-16-22-20-10-4-2-8-18(20)19-9-3-5-11-21(19)22/h2-5,8-11,13-14,22H,7,15-16H2,1H3,(H,27,29). The molecule has 0 saturated carbocycles. The third kappa shape index (κ3) is 4.18. The van der Waals surface area contributed by atoms with E-state index in [0.717, 1.165) is 0 Å². The number of carbonyl (C=O) groups is 1. The number of halogens is 1. The Labute approximate surface area is 175 Å². The van der Waals surface area contributed by atoms with Gasteiger partial charge in [0, 0.05) is 24.6 Å². The van der Waals surface area contributed by atoms with Gasteiger partial charge in [0.25, 0.3) is 0 Å². The predicted molar refractivity (Wildman–Crippen MR) is 113 cm³/mol. The van der Waals surface area contributed by atoms with Crippen LogP contribution < -0.4 is 5.32 Å². The van der Waals surface area contributed by atoms with Crippen molar-refractivity contribution in [3.05, 3.63) is 89.0 Å². The Balaban J connectivity index is 1.30. The van der Waals surface area contributed by atoms with Crippen molar-refractivity contribution in [1.29, 1.82) is 0 Å². The quantitative estimate of drug-likeness (QED) is 0.505. The van der Waals surface area contributed by atoms with Crippen LogP contribution in [0.25, 0.3) is 11.1 Å². The molecule has 1 N–H and O–H groups in total. The number of fused-ring (bicyclic) bond motifs is 3. The third-order valence-corrected chi connectivity index (χ3v) is 5.06. The van der Waals surface area contributed by atoms with Crippen molar-refractivity contribution in [2.45, 2.75) is 19.3 Å². The predicted octanol–water partition coefficient (Wildman–Crippen LogP) is 4.81. The maximum atomic E-state index is 13.6. The molecule has 0 unspecified atom stereocenters. The molecule has 4 rings (SSSR count). The van der Waals surface area contributed by atoms with Gasteiger partial charge in [-0.1, -0.05) is 54.5 Å². The molecule has 30 heavy (non-hydrogen) atoms. The van der Waals surface area contributed by atoms with Crippen LogP contribution in [0.4, 0.5) is 9.18 Å². The molecule has 0 atom stereocenters. The summed E-state index contributed by atoms with van der Waals surface area (Å²) in [6.07, 6.45) is -0.113. The molecular formula is C25H21FN2O2. The number of amides is 1. The molecule has 2 aromatic carbocycles. The molecule has 1 amide bonds. The van der Waals surface area contributed by atoms with Gasteiger partial charge in [0.1, 0.15) is 12.3 Å². The highest BCUT2D eigenvalue weighted by Crippen LogP contribution is 2.44. The Morgan fingerprint density at radius 1 is 1.07 bits per heavy atom. The van der Waals surface area contributed by atoms with Crippen LogP contribution in [0.3, 0.4) is 0 Å². The van der Waals surface area contributed by atoms with Gasteiger partial charge in [0.05, 0.1) is 0 Å². The first kappa shape index (κ1) is 19.7. The van der Waals surface area contributed by atoms with Crippen LogP contribution >= 0.6 is 0 Å². The van der Waals surface area contributed by atoms with Crippen molar-refractivity contribution >= 4 is 6.09 Å². The summed E-state index contributed by atoms with van der Waals surface area (Å²) in [7, 11) is 0. The average molecular weight is 400 g/mol. The largest absolute Gasteiger partial charge is 0.449 e. The molecule has 0 bridgehead atoms. The van der Waals surface area contributed by atoms with E-state index in [1.807, 2.05) is 24.3 Å². The Kier molecular flexibility index (Phi) is 5.76. The number of hydrogen-bond acceptors (Lipinski definition) is 3. The lowest BCUT2D eigenvalue weighted by molar-refractivity contribution is 0.143. The monoisotopic (exact) mass is 400 g/mol.